The molecule has 2 heterocycles. The zero-order chi connectivity index (χ0) is 23.6. The number of ether oxygens (including phenoxy) is 1. The van der Waals surface area contributed by atoms with Gasteiger partial charge in [0, 0.05) is 26.2 Å². The number of nitrogens with zero attached hydrogens (tertiary/aromatic N) is 3. The van der Waals surface area contributed by atoms with E-state index < -0.39 is 29.6 Å². The maximum atomic E-state index is 13.0. The second-order valence-electron chi connectivity index (χ2n) is 8.76. The molecule has 1 fully saturated rings. The molecule has 1 saturated heterocycles. The molecule has 32 heavy (non-hydrogen) atoms. The van der Waals surface area contributed by atoms with Crippen molar-refractivity contribution in [2.24, 2.45) is 0 Å². The van der Waals surface area contributed by atoms with E-state index in [9.17, 15) is 24.0 Å². The Hall–Kier alpha value is -3.43. The number of alkyl carbamates (subject to hydrolysis) is 1. The van der Waals surface area contributed by atoms with Crippen LogP contribution in [-0.4, -0.2) is 88.8 Å². The minimum atomic E-state index is -0.946. The summed E-state index contributed by atoms with van der Waals surface area (Å²) in [5, 5.41) is 2.43. The number of hydrogen-bond acceptors (Lipinski definition) is 6. The van der Waals surface area contributed by atoms with Crippen molar-refractivity contribution in [1.82, 2.24) is 20.0 Å². The fourth-order valence-corrected chi connectivity index (χ4v) is 3.68. The predicted octanol–water partition coefficient (Wildman–Crippen LogP) is 0.867. The average Bonchev–Trinajstić information content (AvgIpc) is 3.00. The number of carbonyl (C=O) groups excluding carboxylic acids is 5. The fraction of sp³-hybridized carbons (Fsp3) is 0.500. The lowest BCUT2D eigenvalue weighted by atomic mass is 10.1. The Morgan fingerprint density at radius 3 is 1.97 bits per heavy atom. The van der Waals surface area contributed by atoms with Crippen LogP contribution >= 0.6 is 0 Å². The minimum Gasteiger partial charge on any atom is -0.444 e. The summed E-state index contributed by atoms with van der Waals surface area (Å²) >= 11 is 0. The molecule has 5 amide bonds. The van der Waals surface area contributed by atoms with Crippen LogP contribution in [0.3, 0.4) is 0 Å². The average molecular weight is 444 g/mol. The van der Waals surface area contributed by atoms with E-state index in [0.29, 0.717) is 11.1 Å². The van der Waals surface area contributed by atoms with Gasteiger partial charge < -0.3 is 19.9 Å². The molecule has 2 aliphatic rings. The molecule has 0 bridgehead atoms. The third-order valence-corrected chi connectivity index (χ3v) is 5.30. The van der Waals surface area contributed by atoms with E-state index in [1.807, 2.05) is 0 Å². The van der Waals surface area contributed by atoms with Gasteiger partial charge in [-0.15, -0.1) is 0 Å². The Kier molecular flexibility index (Phi) is 6.52. The minimum absolute atomic E-state index is 0.200. The SMILES string of the molecule is CC(C(=O)N1CCN(C(=O)CNC(=O)OC(C)(C)C)CC1)N1C(=O)c2ccccc2C1=O. The van der Waals surface area contributed by atoms with Crippen molar-refractivity contribution in [3.8, 4) is 0 Å². The second-order valence-corrected chi connectivity index (χ2v) is 8.76. The van der Waals surface area contributed by atoms with E-state index in [2.05, 4.69) is 5.32 Å². The largest absolute Gasteiger partial charge is 0.444 e. The Bertz CT molecular complexity index is 911. The quantitative estimate of drug-likeness (QED) is 0.689. The predicted molar refractivity (Wildman–Crippen MR) is 114 cm³/mol. The van der Waals surface area contributed by atoms with Gasteiger partial charge in [0.25, 0.3) is 11.8 Å². The van der Waals surface area contributed by atoms with E-state index in [0.717, 1.165) is 4.90 Å². The number of fused-ring (bicyclic) bond motifs is 1. The van der Waals surface area contributed by atoms with E-state index in [4.69, 9.17) is 4.74 Å². The van der Waals surface area contributed by atoms with Gasteiger partial charge in [-0.25, -0.2) is 4.79 Å². The molecule has 0 radical (unpaired) electrons. The van der Waals surface area contributed by atoms with Crippen LogP contribution in [0.15, 0.2) is 24.3 Å². The van der Waals surface area contributed by atoms with Gasteiger partial charge in [0.2, 0.25) is 11.8 Å². The summed E-state index contributed by atoms with van der Waals surface area (Å²) < 4.78 is 5.11. The first-order chi connectivity index (χ1) is 15.0. The first-order valence-electron chi connectivity index (χ1n) is 10.5. The summed E-state index contributed by atoms with van der Waals surface area (Å²) in [6.45, 7) is 7.63. The third-order valence-electron chi connectivity index (χ3n) is 5.30. The maximum absolute atomic E-state index is 13.0. The van der Waals surface area contributed by atoms with Crippen LogP contribution in [0.4, 0.5) is 4.79 Å². The van der Waals surface area contributed by atoms with Gasteiger partial charge in [-0.3, -0.25) is 24.1 Å². The number of hydrogen-bond donors (Lipinski definition) is 1. The van der Waals surface area contributed by atoms with Gasteiger partial charge in [0.05, 0.1) is 11.1 Å². The topological polar surface area (TPSA) is 116 Å². The highest BCUT2D eigenvalue weighted by Gasteiger charge is 2.42. The van der Waals surface area contributed by atoms with Crippen LogP contribution < -0.4 is 5.32 Å². The van der Waals surface area contributed by atoms with Crippen molar-refractivity contribution in [3.63, 3.8) is 0 Å². The molecule has 0 aliphatic carbocycles. The lowest BCUT2D eigenvalue weighted by molar-refractivity contribution is -0.141. The summed E-state index contributed by atoms with van der Waals surface area (Å²) in [5.41, 5.74) is -0.0648. The normalized spacial score (nSPS) is 17.2. The van der Waals surface area contributed by atoms with Crippen LogP contribution in [0.1, 0.15) is 48.4 Å². The van der Waals surface area contributed by atoms with Crippen LogP contribution in [0.5, 0.6) is 0 Å². The molecule has 2 aliphatic heterocycles. The number of piperazine rings is 1. The Morgan fingerprint density at radius 2 is 1.47 bits per heavy atom. The van der Waals surface area contributed by atoms with Gasteiger partial charge in [-0.2, -0.15) is 0 Å². The van der Waals surface area contributed by atoms with Gasteiger partial charge in [0.15, 0.2) is 0 Å². The second kappa shape index (κ2) is 8.97. The molecule has 1 atom stereocenters. The number of benzene rings is 1. The number of nitrogens with one attached hydrogen (secondary N) is 1. The van der Waals surface area contributed by atoms with Gasteiger partial charge in [-0.1, -0.05) is 12.1 Å². The monoisotopic (exact) mass is 444 g/mol. The van der Waals surface area contributed by atoms with Gasteiger partial charge >= 0.3 is 6.09 Å². The van der Waals surface area contributed by atoms with E-state index in [1.165, 1.54) is 6.92 Å². The van der Waals surface area contributed by atoms with Crippen LogP contribution in [0, 0.1) is 0 Å². The molecule has 172 valence electrons. The lowest BCUT2D eigenvalue weighted by Gasteiger charge is -2.37. The Balaban J connectivity index is 1.51. The summed E-state index contributed by atoms with van der Waals surface area (Å²) in [6.07, 6.45) is -0.672. The number of carbonyl (C=O) groups is 5. The fourth-order valence-electron chi connectivity index (χ4n) is 3.68. The summed E-state index contributed by atoms with van der Waals surface area (Å²) in [6, 6.07) is 5.55. The van der Waals surface area contributed by atoms with Gasteiger partial charge in [0.1, 0.15) is 18.2 Å². The number of rotatable bonds is 4. The van der Waals surface area contributed by atoms with Crippen LogP contribution in [-0.2, 0) is 14.3 Å². The summed E-state index contributed by atoms with van der Waals surface area (Å²) in [5.74, 6) is -1.59. The highest BCUT2D eigenvalue weighted by molar-refractivity contribution is 6.22. The van der Waals surface area contributed by atoms with E-state index >= 15 is 0 Å². The van der Waals surface area contributed by atoms with E-state index in [-0.39, 0.29) is 44.5 Å². The number of imide groups is 1. The van der Waals surface area contributed by atoms with Crippen molar-refractivity contribution in [3.05, 3.63) is 35.4 Å². The molecule has 10 nitrogen and oxygen atoms in total. The molecule has 3 rings (SSSR count). The molecule has 0 spiro atoms. The molecule has 0 saturated carbocycles. The maximum Gasteiger partial charge on any atom is 0.408 e. The number of amides is 5. The third kappa shape index (κ3) is 4.90. The molecule has 1 aromatic carbocycles. The zero-order valence-electron chi connectivity index (χ0n) is 18.7. The Labute approximate surface area is 186 Å². The highest BCUT2D eigenvalue weighted by Crippen LogP contribution is 2.25. The molecule has 10 heteroatoms. The summed E-state index contributed by atoms with van der Waals surface area (Å²) in [7, 11) is 0. The van der Waals surface area contributed by atoms with Crippen molar-refractivity contribution in [2.45, 2.75) is 39.3 Å². The standard InChI is InChI=1S/C22H28N4O6/c1-14(26-19(29)15-7-5-6-8-16(15)20(26)30)18(28)25-11-9-24(10-12-25)17(27)13-23-21(31)32-22(2,3)4/h5-8,14H,9-13H2,1-4H3,(H,23,31). The molecule has 1 unspecified atom stereocenters. The first-order valence-corrected chi connectivity index (χ1v) is 10.5. The van der Waals surface area contributed by atoms with Gasteiger partial charge in [-0.05, 0) is 39.8 Å². The molecule has 1 aromatic rings. The van der Waals surface area contributed by atoms with Crippen LogP contribution in [0.25, 0.3) is 0 Å². The Morgan fingerprint density at radius 1 is 0.969 bits per heavy atom. The zero-order valence-corrected chi connectivity index (χ0v) is 18.7. The molecule has 0 aromatic heterocycles. The molecular weight excluding hydrogens is 416 g/mol. The van der Waals surface area contributed by atoms with Crippen molar-refractivity contribution in [1.29, 1.82) is 0 Å². The van der Waals surface area contributed by atoms with Crippen molar-refractivity contribution >= 4 is 29.7 Å². The first kappa shape index (κ1) is 23.2. The molecular formula is C22H28N4O6. The van der Waals surface area contributed by atoms with Crippen LogP contribution in [0.2, 0.25) is 0 Å². The molecule has 1 N–H and O–H groups in total. The summed E-state index contributed by atoms with van der Waals surface area (Å²) in [4.78, 5) is 66.4. The smallest absolute Gasteiger partial charge is 0.408 e. The van der Waals surface area contributed by atoms with Crippen molar-refractivity contribution in [2.75, 3.05) is 32.7 Å². The van der Waals surface area contributed by atoms with Crippen molar-refractivity contribution < 1.29 is 28.7 Å². The lowest BCUT2D eigenvalue weighted by Crippen LogP contribution is -2.56. The highest BCUT2D eigenvalue weighted by atomic mass is 16.6. The van der Waals surface area contributed by atoms with E-state index in [1.54, 1.807) is 54.8 Å².